The largest absolute Gasteiger partial charge is 0.463 e. The molecule has 0 bridgehead atoms. The van der Waals surface area contributed by atoms with Crippen LogP contribution < -0.4 is 10.1 Å². The Bertz CT molecular complexity index is 660. The van der Waals surface area contributed by atoms with Crippen molar-refractivity contribution >= 4 is 23.3 Å². The third kappa shape index (κ3) is 4.11. The summed E-state index contributed by atoms with van der Waals surface area (Å²) >= 11 is 5.84. The molecule has 2 aromatic rings. The van der Waals surface area contributed by atoms with E-state index in [0.717, 1.165) is 0 Å². The van der Waals surface area contributed by atoms with Gasteiger partial charge in [-0.15, -0.1) is 0 Å². The number of esters is 1. The van der Waals surface area contributed by atoms with Crippen molar-refractivity contribution in [3.05, 3.63) is 46.9 Å². The van der Waals surface area contributed by atoms with Gasteiger partial charge in [0, 0.05) is 5.69 Å². The minimum Gasteiger partial charge on any atom is -0.463 e. The molecule has 0 atom stereocenters. The number of rotatable bonds is 6. The van der Waals surface area contributed by atoms with Crippen molar-refractivity contribution in [3.8, 4) is 5.75 Å². The first-order valence-corrected chi connectivity index (χ1v) is 6.52. The molecule has 5 nitrogen and oxygen atoms in total. The van der Waals surface area contributed by atoms with Crippen LogP contribution in [0.4, 0.5) is 14.5 Å². The van der Waals surface area contributed by atoms with Crippen LogP contribution in [0.25, 0.3) is 0 Å². The van der Waals surface area contributed by atoms with Gasteiger partial charge in [0.05, 0.1) is 18.7 Å². The predicted molar refractivity (Wildman–Crippen MR) is 75.5 cm³/mol. The molecule has 0 aliphatic heterocycles. The predicted octanol–water partition coefficient (Wildman–Crippen LogP) is 3.93. The first-order valence-electron chi connectivity index (χ1n) is 6.15. The van der Waals surface area contributed by atoms with E-state index in [-0.39, 0.29) is 23.1 Å². The summed E-state index contributed by atoms with van der Waals surface area (Å²) in [4.78, 5) is 11.2. The fourth-order valence-corrected chi connectivity index (χ4v) is 1.90. The SMILES string of the molecule is COC(=O)c1ccc(CNc2ccc(OC(F)F)c(Cl)c2)o1. The van der Waals surface area contributed by atoms with E-state index in [4.69, 9.17) is 16.0 Å². The van der Waals surface area contributed by atoms with Gasteiger partial charge in [0.2, 0.25) is 5.76 Å². The first-order chi connectivity index (χ1) is 10.5. The van der Waals surface area contributed by atoms with E-state index in [9.17, 15) is 13.6 Å². The monoisotopic (exact) mass is 331 g/mol. The van der Waals surface area contributed by atoms with Crippen LogP contribution in [0, 0.1) is 0 Å². The number of methoxy groups -OCH3 is 1. The number of nitrogens with one attached hydrogen (secondary N) is 1. The van der Waals surface area contributed by atoms with Crippen molar-refractivity contribution in [2.45, 2.75) is 13.2 Å². The molecule has 0 unspecified atom stereocenters. The van der Waals surface area contributed by atoms with E-state index in [1.807, 2.05) is 0 Å². The second kappa shape index (κ2) is 7.13. The standard InChI is InChI=1S/C14H12ClF2NO4/c1-20-13(19)12-5-3-9(21-12)7-18-8-2-4-11(10(15)6-8)22-14(16)17/h2-6,14,18H,7H2,1H3. The molecule has 1 aromatic heterocycles. The zero-order valence-electron chi connectivity index (χ0n) is 11.4. The molecule has 0 aliphatic rings. The molecule has 0 radical (unpaired) electrons. The number of benzene rings is 1. The van der Waals surface area contributed by atoms with Crippen molar-refractivity contribution in [3.63, 3.8) is 0 Å². The number of hydrogen-bond donors (Lipinski definition) is 1. The Morgan fingerprint density at radius 3 is 2.77 bits per heavy atom. The second-order valence-electron chi connectivity index (χ2n) is 4.13. The van der Waals surface area contributed by atoms with E-state index < -0.39 is 12.6 Å². The van der Waals surface area contributed by atoms with Gasteiger partial charge in [-0.1, -0.05) is 11.6 Å². The van der Waals surface area contributed by atoms with E-state index in [1.165, 1.54) is 31.4 Å². The zero-order valence-corrected chi connectivity index (χ0v) is 12.2. The average molecular weight is 332 g/mol. The number of ether oxygens (including phenoxy) is 2. The Labute approximate surface area is 129 Å². The maximum absolute atomic E-state index is 12.1. The van der Waals surface area contributed by atoms with Crippen LogP contribution in [0.15, 0.2) is 34.7 Å². The Hall–Kier alpha value is -2.28. The van der Waals surface area contributed by atoms with E-state index in [2.05, 4.69) is 14.8 Å². The van der Waals surface area contributed by atoms with Crippen LogP contribution in [-0.4, -0.2) is 19.7 Å². The summed E-state index contributed by atoms with van der Waals surface area (Å²) in [5, 5.41) is 3.03. The molecule has 0 aliphatic carbocycles. The molecule has 2 rings (SSSR count). The Kier molecular flexibility index (Phi) is 5.21. The molecule has 0 spiro atoms. The summed E-state index contributed by atoms with van der Waals surface area (Å²) in [7, 11) is 1.26. The Morgan fingerprint density at radius 1 is 1.36 bits per heavy atom. The molecular weight excluding hydrogens is 320 g/mol. The molecule has 1 heterocycles. The molecule has 8 heteroatoms. The number of furan rings is 1. The number of carbonyl (C=O) groups is 1. The van der Waals surface area contributed by atoms with Gasteiger partial charge in [0.25, 0.3) is 0 Å². The molecule has 1 N–H and O–H groups in total. The minimum atomic E-state index is -2.93. The van der Waals surface area contributed by atoms with Crippen LogP contribution in [0.1, 0.15) is 16.3 Å². The molecule has 0 saturated carbocycles. The molecule has 0 fully saturated rings. The Morgan fingerprint density at radius 2 is 2.14 bits per heavy atom. The third-order valence-corrected chi connectivity index (χ3v) is 2.96. The van der Waals surface area contributed by atoms with E-state index >= 15 is 0 Å². The van der Waals surface area contributed by atoms with Crippen LogP contribution in [-0.2, 0) is 11.3 Å². The summed E-state index contributed by atoms with van der Waals surface area (Å²) in [5.41, 5.74) is 0.586. The van der Waals surface area contributed by atoms with E-state index in [0.29, 0.717) is 11.4 Å². The van der Waals surface area contributed by atoms with Crippen LogP contribution in [0.5, 0.6) is 5.75 Å². The summed E-state index contributed by atoms with van der Waals surface area (Å²) < 4.78 is 38.3. The van der Waals surface area contributed by atoms with Crippen molar-refractivity contribution in [2.24, 2.45) is 0 Å². The lowest BCUT2D eigenvalue weighted by Crippen LogP contribution is -2.03. The Balaban J connectivity index is 1.98. The maximum Gasteiger partial charge on any atom is 0.387 e. The minimum absolute atomic E-state index is 0.0556. The first kappa shape index (κ1) is 16.1. The lowest BCUT2D eigenvalue weighted by molar-refractivity contribution is -0.0497. The van der Waals surface area contributed by atoms with Gasteiger partial charge in [0.15, 0.2) is 0 Å². The fourth-order valence-electron chi connectivity index (χ4n) is 1.67. The van der Waals surface area contributed by atoms with Gasteiger partial charge in [-0.05, 0) is 30.3 Å². The van der Waals surface area contributed by atoms with E-state index in [1.54, 1.807) is 6.07 Å². The summed E-state index contributed by atoms with van der Waals surface area (Å²) in [6, 6.07) is 7.43. The molecule has 118 valence electrons. The van der Waals surface area contributed by atoms with Crippen molar-refractivity contribution in [1.82, 2.24) is 0 Å². The molecule has 0 saturated heterocycles. The quantitative estimate of drug-likeness (QED) is 0.813. The molecule has 0 amide bonds. The van der Waals surface area contributed by atoms with Gasteiger partial charge in [-0.25, -0.2) is 4.79 Å². The van der Waals surface area contributed by atoms with Crippen LogP contribution in [0.2, 0.25) is 5.02 Å². The second-order valence-corrected chi connectivity index (χ2v) is 4.54. The smallest absolute Gasteiger partial charge is 0.387 e. The number of halogens is 3. The summed E-state index contributed by atoms with van der Waals surface area (Å²) in [5.74, 6) is -0.0709. The van der Waals surface area contributed by atoms with Crippen molar-refractivity contribution in [2.75, 3.05) is 12.4 Å². The fraction of sp³-hybridized carbons (Fsp3) is 0.214. The lowest BCUT2D eigenvalue weighted by atomic mass is 10.3. The van der Waals surface area contributed by atoms with Gasteiger partial charge in [0.1, 0.15) is 11.5 Å². The molecule has 1 aromatic carbocycles. The highest BCUT2D eigenvalue weighted by Gasteiger charge is 2.12. The number of anilines is 1. The zero-order chi connectivity index (χ0) is 16.1. The number of alkyl halides is 2. The third-order valence-electron chi connectivity index (χ3n) is 2.66. The van der Waals surface area contributed by atoms with Gasteiger partial charge < -0.3 is 19.2 Å². The average Bonchev–Trinajstić information content (AvgIpc) is 2.95. The summed E-state index contributed by atoms with van der Waals surface area (Å²) in [6.45, 7) is -2.65. The highest BCUT2D eigenvalue weighted by molar-refractivity contribution is 6.32. The normalized spacial score (nSPS) is 10.6. The van der Waals surface area contributed by atoms with Crippen molar-refractivity contribution < 1.29 is 27.5 Å². The maximum atomic E-state index is 12.1. The van der Waals surface area contributed by atoms with Crippen LogP contribution in [0.3, 0.4) is 0 Å². The van der Waals surface area contributed by atoms with Gasteiger partial charge in [-0.2, -0.15) is 8.78 Å². The topological polar surface area (TPSA) is 60.7 Å². The molecule has 22 heavy (non-hydrogen) atoms. The lowest BCUT2D eigenvalue weighted by Gasteiger charge is -2.09. The van der Waals surface area contributed by atoms with Gasteiger partial charge in [-0.3, -0.25) is 0 Å². The highest BCUT2D eigenvalue weighted by Crippen LogP contribution is 2.29. The van der Waals surface area contributed by atoms with Crippen molar-refractivity contribution in [1.29, 1.82) is 0 Å². The van der Waals surface area contributed by atoms with Crippen LogP contribution >= 0.6 is 11.6 Å². The van der Waals surface area contributed by atoms with Gasteiger partial charge >= 0.3 is 12.6 Å². The highest BCUT2D eigenvalue weighted by atomic mass is 35.5. The number of carbonyl (C=O) groups excluding carboxylic acids is 1. The summed E-state index contributed by atoms with van der Waals surface area (Å²) in [6.07, 6.45) is 0. The number of hydrogen-bond acceptors (Lipinski definition) is 5. The molecular formula is C14H12ClF2NO4.